The lowest BCUT2D eigenvalue weighted by Gasteiger charge is -2.11. The first-order valence-corrected chi connectivity index (χ1v) is 4.61. The van der Waals surface area contributed by atoms with E-state index in [0.29, 0.717) is 18.9 Å². The van der Waals surface area contributed by atoms with Gasteiger partial charge in [-0.15, -0.1) is 11.6 Å². The van der Waals surface area contributed by atoms with E-state index in [9.17, 15) is 9.59 Å². The van der Waals surface area contributed by atoms with Crippen molar-refractivity contribution in [2.45, 2.75) is 19.8 Å². The lowest BCUT2D eigenvalue weighted by molar-refractivity contribution is -0.140. The first kappa shape index (κ1) is 9.52. The highest BCUT2D eigenvalue weighted by Crippen LogP contribution is 2.20. The summed E-state index contributed by atoms with van der Waals surface area (Å²) in [6.07, 6.45) is 1.44. The first-order valence-electron chi connectivity index (χ1n) is 4.08. The van der Waals surface area contributed by atoms with Crippen LogP contribution in [0.25, 0.3) is 0 Å². The summed E-state index contributed by atoms with van der Waals surface area (Å²) >= 11 is 5.34. The summed E-state index contributed by atoms with van der Waals surface area (Å²) in [6, 6.07) is 0. The zero-order valence-electron chi connectivity index (χ0n) is 7.05. The Morgan fingerprint density at radius 2 is 2.42 bits per heavy atom. The molecule has 1 fully saturated rings. The average Bonchev–Trinajstić information content (AvgIpc) is 2.45. The van der Waals surface area contributed by atoms with Crippen molar-refractivity contribution in [3.05, 3.63) is 0 Å². The molecule has 1 atom stereocenters. The van der Waals surface area contributed by atoms with Crippen LogP contribution in [0.5, 0.6) is 0 Å². The number of halogens is 1. The molecule has 0 bridgehead atoms. The molecule has 0 aromatic rings. The van der Waals surface area contributed by atoms with Gasteiger partial charge in [0.1, 0.15) is 5.88 Å². The third kappa shape index (κ3) is 1.78. The summed E-state index contributed by atoms with van der Waals surface area (Å²) in [5.74, 6) is -0.0999. The van der Waals surface area contributed by atoms with Crippen molar-refractivity contribution in [2.24, 2.45) is 5.92 Å². The summed E-state index contributed by atoms with van der Waals surface area (Å²) in [7, 11) is 0. The van der Waals surface area contributed by atoms with Crippen LogP contribution >= 0.6 is 11.6 Å². The Morgan fingerprint density at radius 1 is 1.75 bits per heavy atom. The molecule has 0 saturated carbocycles. The third-order valence-electron chi connectivity index (χ3n) is 2.20. The van der Waals surface area contributed by atoms with E-state index >= 15 is 0 Å². The quantitative estimate of drug-likeness (QED) is 0.608. The van der Waals surface area contributed by atoms with Crippen LogP contribution in [-0.2, 0) is 9.59 Å². The van der Waals surface area contributed by atoms with Crippen molar-refractivity contribution >= 4 is 23.4 Å². The van der Waals surface area contributed by atoms with Crippen molar-refractivity contribution in [1.82, 2.24) is 4.90 Å². The predicted octanol–water partition coefficient (Wildman–Crippen LogP) is 1.01. The van der Waals surface area contributed by atoms with E-state index in [0.717, 1.165) is 6.42 Å². The van der Waals surface area contributed by atoms with Gasteiger partial charge in [0, 0.05) is 13.0 Å². The van der Waals surface area contributed by atoms with Crippen LogP contribution in [0.3, 0.4) is 0 Å². The lowest BCUT2D eigenvalue weighted by Crippen LogP contribution is -2.33. The Balaban J connectivity index is 2.57. The SMILES string of the molecule is CCC1CC(=O)N(C(=O)CCl)C1. The summed E-state index contributed by atoms with van der Waals surface area (Å²) in [4.78, 5) is 23.5. The fraction of sp³-hybridized carbons (Fsp3) is 0.750. The number of hydrogen-bond donors (Lipinski definition) is 0. The van der Waals surface area contributed by atoms with E-state index in [4.69, 9.17) is 11.6 Å². The van der Waals surface area contributed by atoms with Crippen molar-refractivity contribution in [3.8, 4) is 0 Å². The van der Waals surface area contributed by atoms with Crippen LogP contribution in [0.4, 0.5) is 0 Å². The van der Waals surface area contributed by atoms with Gasteiger partial charge in [0.15, 0.2) is 0 Å². The van der Waals surface area contributed by atoms with E-state index in [1.807, 2.05) is 6.92 Å². The van der Waals surface area contributed by atoms with Gasteiger partial charge in [0.25, 0.3) is 0 Å². The van der Waals surface area contributed by atoms with Gasteiger partial charge in [0.2, 0.25) is 11.8 Å². The highest BCUT2D eigenvalue weighted by atomic mass is 35.5. The van der Waals surface area contributed by atoms with Crippen molar-refractivity contribution < 1.29 is 9.59 Å². The Morgan fingerprint density at radius 3 is 2.83 bits per heavy atom. The molecule has 68 valence electrons. The molecule has 1 aliphatic heterocycles. The molecule has 0 radical (unpaired) electrons. The molecule has 3 nitrogen and oxygen atoms in total. The second kappa shape index (κ2) is 3.90. The van der Waals surface area contributed by atoms with Gasteiger partial charge in [-0.05, 0) is 5.92 Å². The van der Waals surface area contributed by atoms with Gasteiger partial charge >= 0.3 is 0 Å². The molecule has 0 aromatic heterocycles. The molecule has 1 unspecified atom stereocenters. The van der Waals surface area contributed by atoms with Crippen LogP contribution in [0.15, 0.2) is 0 Å². The minimum absolute atomic E-state index is 0.0764. The third-order valence-corrected chi connectivity index (χ3v) is 2.43. The van der Waals surface area contributed by atoms with Crippen LogP contribution in [0.1, 0.15) is 19.8 Å². The molecule has 0 N–H and O–H groups in total. The van der Waals surface area contributed by atoms with Gasteiger partial charge in [-0.2, -0.15) is 0 Å². The molecular formula is C8H12ClNO2. The van der Waals surface area contributed by atoms with Gasteiger partial charge in [-0.3, -0.25) is 14.5 Å². The van der Waals surface area contributed by atoms with E-state index in [1.165, 1.54) is 4.90 Å². The zero-order valence-corrected chi connectivity index (χ0v) is 7.80. The second-order valence-corrected chi connectivity index (χ2v) is 3.28. The van der Waals surface area contributed by atoms with Gasteiger partial charge in [0.05, 0.1) is 0 Å². The van der Waals surface area contributed by atoms with Gasteiger partial charge in [-0.25, -0.2) is 0 Å². The fourth-order valence-corrected chi connectivity index (χ4v) is 1.51. The number of hydrogen-bond acceptors (Lipinski definition) is 2. The Bertz CT molecular complexity index is 205. The second-order valence-electron chi connectivity index (χ2n) is 3.01. The Hall–Kier alpha value is -0.570. The molecule has 1 rings (SSSR count). The number of nitrogens with zero attached hydrogens (tertiary/aromatic N) is 1. The Labute approximate surface area is 76.7 Å². The lowest BCUT2D eigenvalue weighted by atomic mass is 10.1. The monoisotopic (exact) mass is 189 g/mol. The summed E-state index contributed by atoms with van der Waals surface area (Å²) < 4.78 is 0. The summed E-state index contributed by atoms with van der Waals surface area (Å²) in [5.41, 5.74) is 0. The average molecular weight is 190 g/mol. The first-order chi connectivity index (χ1) is 5.69. The van der Waals surface area contributed by atoms with Crippen molar-refractivity contribution in [1.29, 1.82) is 0 Å². The maximum absolute atomic E-state index is 11.2. The van der Waals surface area contributed by atoms with E-state index in [1.54, 1.807) is 0 Å². The highest BCUT2D eigenvalue weighted by Gasteiger charge is 2.31. The maximum Gasteiger partial charge on any atom is 0.244 e. The maximum atomic E-state index is 11.2. The topological polar surface area (TPSA) is 37.4 Å². The molecule has 0 aliphatic carbocycles. The molecule has 0 spiro atoms. The van der Waals surface area contributed by atoms with Crippen molar-refractivity contribution in [2.75, 3.05) is 12.4 Å². The summed E-state index contributed by atoms with van der Waals surface area (Å²) in [5, 5.41) is 0. The standard InChI is InChI=1S/C8H12ClNO2/c1-2-6-3-7(11)10(5-6)8(12)4-9/h6H,2-5H2,1H3. The molecule has 1 aliphatic rings. The smallest absolute Gasteiger partial charge is 0.244 e. The number of rotatable bonds is 2. The molecule has 4 heteroatoms. The minimum atomic E-state index is -0.266. The molecule has 2 amide bonds. The number of imide groups is 1. The fourth-order valence-electron chi connectivity index (χ4n) is 1.37. The van der Waals surface area contributed by atoms with Gasteiger partial charge in [-0.1, -0.05) is 13.3 Å². The number of likely N-dealkylation sites (tertiary alicyclic amines) is 1. The zero-order chi connectivity index (χ0) is 9.14. The van der Waals surface area contributed by atoms with Crippen LogP contribution < -0.4 is 0 Å². The molecule has 1 saturated heterocycles. The van der Waals surface area contributed by atoms with E-state index in [-0.39, 0.29) is 17.7 Å². The normalized spacial score (nSPS) is 23.3. The molecular weight excluding hydrogens is 178 g/mol. The minimum Gasteiger partial charge on any atom is -0.281 e. The highest BCUT2D eigenvalue weighted by molar-refractivity contribution is 6.28. The van der Waals surface area contributed by atoms with Crippen LogP contribution in [0.2, 0.25) is 0 Å². The van der Waals surface area contributed by atoms with E-state index in [2.05, 4.69) is 0 Å². The number of alkyl halides is 1. The largest absolute Gasteiger partial charge is 0.281 e. The number of amides is 2. The molecule has 0 aromatic carbocycles. The number of carbonyl (C=O) groups excluding carboxylic acids is 2. The predicted molar refractivity (Wildman–Crippen MR) is 45.8 cm³/mol. The Kier molecular flexibility index (Phi) is 3.09. The van der Waals surface area contributed by atoms with Crippen LogP contribution in [-0.4, -0.2) is 29.1 Å². The number of carbonyl (C=O) groups is 2. The van der Waals surface area contributed by atoms with E-state index < -0.39 is 0 Å². The van der Waals surface area contributed by atoms with Crippen molar-refractivity contribution in [3.63, 3.8) is 0 Å². The van der Waals surface area contributed by atoms with Gasteiger partial charge < -0.3 is 0 Å². The molecule has 1 heterocycles. The summed E-state index contributed by atoms with van der Waals surface area (Å²) in [6.45, 7) is 2.58. The van der Waals surface area contributed by atoms with Crippen LogP contribution in [0, 0.1) is 5.92 Å². The molecule has 12 heavy (non-hydrogen) atoms.